The van der Waals surface area contributed by atoms with E-state index in [0.717, 1.165) is 23.5 Å². The van der Waals surface area contributed by atoms with Crippen LogP contribution in [0.2, 0.25) is 0 Å². The van der Waals surface area contributed by atoms with Crippen LogP contribution < -0.4 is 5.73 Å². The zero-order valence-corrected chi connectivity index (χ0v) is 12.6. The van der Waals surface area contributed by atoms with Crippen LogP contribution in [0.1, 0.15) is 22.2 Å². The average Bonchev–Trinajstić information content (AvgIpc) is 2.91. The molecule has 0 bridgehead atoms. The molecule has 0 aromatic carbocycles. The van der Waals surface area contributed by atoms with Crippen LogP contribution >= 0.6 is 11.3 Å². The molecule has 1 fully saturated rings. The third-order valence-electron chi connectivity index (χ3n) is 3.75. The Balaban J connectivity index is 1.95. The molecule has 2 heterocycles. The quantitative estimate of drug-likeness (QED) is 0.376. The van der Waals surface area contributed by atoms with Gasteiger partial charge in [0.2, 0.25) is 0 Å². The molecule has 20 heavy (non-hydrogen) atoms. The molecule has 1 aromatic rings. The molecule has 7 heteroatoms. The number of piperazine rings is 1. The summed E-state index contributed by atoms with van der Waals surface area (Å²) in [5.74, 6) is 0.312. The predicted molar refractivity (Wildman–Crippen MR) is 79.4 cm³/mol. The van der Waals surface area contributed by atoms with E-state index >= 15 is 0 Å². The van der Waals surface area contributed by atoms with Gasteiger partial charge in [0.25, 0.3) is 5.91 Å². The van der Waals surface area contributed by atoms with Crippen molar-refractivity contribution < 1.29 is 10.0 Å². The van der Waals surface area contributed by atoms with Crippen LogP contribution in [-0.2, 0) is 0 Å². The second-order valence-electron chi connectivity index (χ2n) is 4.96. The van der Waals surface area contributed by atoms with Crippen molar-refractivity contribution in [1.29, 1.82) is 0 Å². The summed E-state index contributed by atoms with van der Waals surface area (Å²) in [6.45, 7) is 6.65. The molecule has 6 nitrogen and oxygen atoms in total. The molecule has 1 aliphatic heterocycles. The number of amidine groups is 1. The lowest BCUT2D eigenvalue weighted by Gasteiger charge is -2.37. The van der Waals surface area contributed by atoms with Crippen molar-refractivity contribution in [2.75, 3.05) is 26.2 Å². The summed E-state index contributed by atoms with van der Waals surface area (Å²) in [5.41, 5.74) is 6.65. The SMILES string of the molecule is Cc1ccsc1C(=O)N1CCN(C(C)C(N)=NO)CC1. The highest BCUT2D eigenvalue weighted by Crippen LogP contribution is 2.19. The third kappa shape index (κ3) is 2.94. The molecule has 2 rings (SSSR count). The van der Waals surface area contributed by atoms with Crippen molar-refractivity contribution in [3.05, 3.63) is 21.9 Å². The highest BCUT2D eigenvalue weighted by atomic mass is 32.1. The molecular weight excluding hydrogens is 276 g/mol. The van der Waals surface area contributed by atoms with Crippen LogP contribution in [0.5, 0.6) is 0 Å². The lowest BCUT2D eigenvalue weighted by Crippen LogP contribution is -2.54. The Bertz CT molecular complexity index is 506. The lowest BCUT2D eigenvalue weighted by atomic mass is 10.2. The molecule has 0 aliphatic carbocycles. The van der Waals surface area contributed by atoms with Gasteiger partial charge in [-0.05, 0) is 30.9 Å². The third-order valence-corrected chi connectivity index (χ3v) is 4.75. The summed E-state index contributed by atoms with van der Waals surface area (Å²) in [6, 6.07) is 1.86. The normalized spacial score (nSPS) is 19.1. The molecule has 1 unspecified atom stereocenters. The number of thiophene rings is 1. The second kappa shape index (κ2) is 6.23. The first-order chi connectivity index (χ1) is 9.54. The molecule has 1 saturated heterocycles. The summed E-state index contributed by atoms with van der Waals surface area (Å²) >= 11 is 1.49. The Hall–Kier alpha value is -1.60. The number of nitrogens with zero attached hydrogens (tertiary/aromatic N) is 3. The van der Waals surface area contributed by atoms with E-state index < -0.39 is 0 Å². The first kappa shape index (κ1) is 14.8. The second-order valence-corrected chi connectivity index (χ2v) is 5.88. The van der Waals surface area contributed by atoms with Crippen molar-refractivity contribution in [2.24, 2.45) is 10.9 Å². The van der Waals surface area contributed by atoms with Gasteiger partial charge >= 0.3 is 0 Å². The minimum atomic E-state index is -0.110. The van der Waals surface area contributed by atoms with Crippen molar-refractivity contribution in [1.82, 2.24) is 9.80 Å². The predicted octanol–water partition coefficient (Wildman–Crippen LogP) is 0.949. The molecule has 1 amide bonds. The Morgan fingerprint density at radius 3 is 2.60 bits per heavy atom. The molecule has 110 valence electrons. The van der Waals surface area contributed by atoms with Gasteiger partial charge in [-0.2, -0.15) is 0 Å². The van der Waals surface area contributed by atoms with E-state index in [1.54, 1.807) is 0 Å². The molecule has 3 N–H and O–H groups in total. The number of amides is 1. The van der Waals surface area contributed by atoms with Crippen LogP contribution in [0.25, 0.3) is 0 Å². The standard InChI is InChI=1S/C13H20N4O2S/c1-9-3-8-20-11(9)13(18)17-6-4-16(5-7-17)10(2)12(14)15-19/h3,8,10,19H,4-7H2,1-2H3,(H2,14,15). The zero-order valence-electron chi connectivity index (χ0n) is 11.7. The van der Waals surface area contributed by atoms with Gasteiger partial charge in [-0.3, -0.25) is 9.69 Å². The van der Waals surface area contributed by atoms with E-state index in [1.807, 2.05) is 30.2 Å². The van der Waals surface area contributed by atoms with E-state index in [-0.39, 0.29) is 17.8 Å². The monoisotopic (exact) mass is 296 g/mol. The number of rotatable bonds is 3. The first-order valence-corrected chi connectivity index (χ1v) is 7.47. The van der Waals surface area contributed by atoms with Crippen molar-refractivity contribution in [3.8, 4) is 0 Å². The van der Waals surface area contributed by atoms with Crippen LogP contribution in [-0.4, -0.2) is 59.0 Å². The fraction of sp³-hybridized carbons (Fsp3) is 0.538. The van der Waals surface area contributed by atoms with E-state index in [9.17, 15) is 4.79 Å². The smallest absolute Gasteiger partial charge is 0.264 e. The highest BCUT2D eigenvalue weighted by molar-refractivity contribution is 7.12. The Labute approximate surface area is 122 Å². The first-order valence-electron chi connectivity index (χ1n) is 6.59. The van der Waals surface area contributed by atoms with Gasteiger partial charge in [0.1, 0.15) is 0 Å². The van der Waals surface area contributed by atoms with Gasteiger partial charge in [-0.1, -0.05) is 5.16 Å². The summed E-state index contributed by atoms with van der Waals surface area (Å²) in [4.78, 5) is 17.2. The molecule has 0 saturated carbocycles. The van der Waals surface area contributed by atoms with E-state index in [2.05, 4.69) is 10.1 Å². The van der Waals surface area contributed by atoms with Crippen LogP contribution in [0, 0.1) is 6.92 Å². The minimum absolute atomic E-state index is 0.105. The maximum Gasteiger partial charge on any atom is 0.264 e. The van der Waals surface area contributed by atoms with Crippen LogP contribution in [0.4, 0.5) is 0 Å². The lowest BCUT2D eigenvalue weighted by molar-refractivity contribution is 0.0623. The fourth-order valence-corrected chi connectivity index (χ4v) is 3.21. The Morgan fingerprint density at radius 1 is 1.45 bits per heavy atom. The number of aryl methyl sites for hydroxylation is 1. The van der Waals surface area contributed by atoms with Crippen molar-refractivity contribution in [2.45, 2.75) is 19.9 Å². The topological polar surface area (TPSA) is 82.2 Å². The van der Waals surface area contributed by atoms with Crippen molar-refractivity contribution in [3.63, 3.8) is 0 Å². The minimum Gasteiger partial charge on any atom is -0.409 e. The Kier molecular flexibility index (Phi) is 4.61. The average molecular weight is 296 g/mol. The number of oxime groups is 1. The summed E-state index contributed by atoms with van der Waals surface area (Å²) in [6.07, 6.45) is 0. The van der Waals surface area contributed by atoms with Gasteiger partial charge in [-0.15, -0.1) is 11.3 Å². The molecule has 1 aromatic heterocycles. The van der Waals surface area contributed by atoms with Gasteiger partial charge < -0.3 is 15.8 Å². The number of nitrogens with two attached hydrogens (primary N) is 1. The molecule has 0 radical (unpaired) electrons. The number of carbonyl (C=O) groups is 1. The maximum absolute atomic E-state index is 12.4. The Morgan fingerprint density at radius 2 is 2.10 bits per heavy atom. The van der Waals surface area contributed by atoms with E-state index in [4.69, 9.17) is 10.9 Å². The number of carbonyl (C=O) groups excluding carboxylic acids is 1. The van der Waals surface area contributed by atoms with Crippen molar-refractivity contribution >= 4 is 23.1 Å². The fourth-order valence-electron chi connectivity index (χ4n) is 2.32. The molecule has 1 atom stereocenters. The zero-order chi connectivity index (χ0) is 14.7. The summed E-state index contributed by atoms with van der Waals surface area (Å²) in [5, 5.41) is 13.7. The number of hydrogen-bond donors (Lipinski definition) is 2. The number of hydrogen-bond acceptors (Lipinski definition) is 5. The maximum atomic E-state index is 12.4. The molecule has 1 aliphatic rings. The van der Waals surface area contributed by atoms with Gasteiger partial charge in [0.15, 0.2) is 5.84 Å². The molecule has 0 spiro atoms. The van der Waals surface area contributed by atoms with Gasteiger partial charge in [0.05, 0.1) is 10.9 Å². The summed E-state index contributed by atoms with van der Waals surface area (Å²) in [7, 11) is 0. The highest BCUT2D eigenvalue weighted by Gasteiger charge is 2.27. The van der Waals surface area contributed by atoms with Gasteiger partial charge in [0, 0.05) is 26.2 Å². The van der Waals surface area contributed by atoms with Crippen LogP contribution in [0.3, 0.4) is 0 Å². The van der Waals surface area contributed by atoms with Crippen LogP contribution in [0.15, 0.2) is 16.6 Å². The van der Waals surface area contributed by atoms with Gasteiger partial charge in [-0.25, -0.2) is 0 Å². The van der Waals surface area contributed by atoms with E-state index in [0.29, 0.717) is 13.1 Å². The molecular formula is C13H20N4O2S. The largest absolute Gasteiger partial charge is 0.409 e. The summed E-state index contributed by atoms with van der Waals surface area (Å²) < 4.78 is 0. The van der Waals surface area contributed by atoms with E-state index in [1.165, 1.54) is 11.3 Å².